The Labute approximate surface area is 255 Å². The second kappa shape index (κ2) is 10.1. The molecule has 1 fully saturated rings. The number of benzene rings is 2. The summed E-state index contributed by atoms with van der Waals surface area (Å²) in [7, 11) is -0.379. The van der Waals surface area contributed by atoms with Crippen molar-refractivity contribution in [3.8, 4) is 17.3 Å². The topological polar surface area (TPSA) is 108 Å². The maximum absolute atomic E-state index is 13.7. The Hall–Kier alpha value is -3.96. The Balaban J connectivity index is 1.32. The van der Waals surface area contributed by atoms with Crippen molar-refractivity contribution in [2.75, 3.05) is 18.6 Å². The third-order valence-corrected chi connectivity index (χ3v) is 10.4. The van der Waals surface area contributed by atoms with Crippen LogP contribution < -0.4 is 9.64 Å². The van der Waals surface area contributed by atoms with E-state index in [9.17, 15) is 8.42 Å². The van der Waals surface area contributed by atoms with Gasteiger partial charge in [0, 0.05) is 36.9 Å². The van der Waals surface area contributed by atoms with Gasteiger partial charge in [-0.1, -0.05) is 35.4 Å². The van der Waals surface area contributed by atoms with Gasteiger partial charge in [-0.2, -0.15) is 27.7 Å². The zero-order chi connectivity index (χ0) is 30.2. The molecule has 7 rings (SSSR count). The van der Waals surface area contributed by atoms with Gasteiger partial charge in [-0.15, -0.1) is 0 Å². The van der Waals surface area contributed by atoms with Gasteiger partial charge in [-0.25, -0.2) is 4.98 Å². The molecule has 0 spiro atoms. The number of hydrogen-bond donors (Lipinski definition) is 0. The van der Waals surface area contributed by atoms with Crippen molar-refractivity contribution in [3.63, 3.8) is 0 Å². The van der Waals surface area contributed by atoms with E-state index in [4.69, 9.17) is 31.4 Å². The van der Waals surface area contributed by atoms with Crippen LogP contribution in [0, 0.1) is 20.8 Å². The van der Waals surface area contributed by atoms with E-state index < -0.39 is 10.0 Å². The van der Waals surface area contributed by atoms with Gasteiger partial charge in [0.15, 0.2) is 5.82 Å². The fourth-order valence-electron chi connectivity index (χ4n) is 6.06. The lowest BCUT2D eigenvalue weighted by Crippen LogP contribution is -2.33. The molecule has 43 heavy (non-hydrogen) atoms. The number of nitrogens with zero attached hydrogens (tertiary/aromatic N) is 7. The molecule has 2 aromatic carbocycles. The Morgan fingerprint density at radius 2 is 1.74 bits per heavy atom. The van der Waals surface area contributed by atoms with Crippen LogP contribution in [0.15, 0.2) is 41.3 Å². The van der Waals surface area contributed by atoms with Gasteiger partial charge < -0.3 is 9.64 Å². The molecular formula is C31H32ClN7O3S. The van der Waals surface area contributed by atoms with Gasteiger partial charge in [0.1, 0.15) is 10.8 Å². The fourth-order valence-corrected chi connectivity index (χ4v) is 7.81. The quantitative estimate of drug-likeness (QED) is 0.246. The summed E-state index contributed by atoms with van der Waals surface area (Å²) in [5, 5.41) is 10.7. The highest BCUT2D eigenvalue weighted by Crippen LogP contribution is 2.46. The number of aryl methyl sites for hydroxylation is 4. The molecular weight excluding hydrogens is 586 g/mol. The van der Waals surface area contributed by atoms with Crippen molar-refractivity contribution in [1.82, 2.24) is 28.9 Å². The fraction of sp³-hybridized carbons (Fsp3) is 0.355. The second-order valence-electron chi connectivity index (χ2n) is 11.5. The molecule has 10 nitrogen and oxygen atoms in total. The van der Waals surface area contributed by atoms with Crippen LogP contribution in [-0.2, 0) is 30.0 Å². The first-order valence-corrected chi connectivity index (χ1v) is 16.1. The molecule has 1 aliphatic heterocycles. The number of rotatable bonds is 6. The first kappa shape index (κ1) is 27.8. The zero-order valence-electron chi connectivity index (χ0n) is 24.7. The van der Waals surface area contributed by atoms with Gasteiger partial charge in [-0.3, -0.25) is 4.68 Å². The van der Waals surface area contributed by atoms with Crippen LogP contribution in [0.4, 0.5) is 5.82 Å². The molecule has 0 amide bonds. The number of methoxy groups -OCH3 is 1. The zero-order valence-corrected chi connectivity index (χ0v) is 26.3. The Morgan fingerprint density at radius 1 is 1.00 bits per heavy atom. The molecule has 4 heterocycles. The number of fused-ring (bicyclic) bond motifs is 2. The maximum atomic E-state index is 13.7. The maximum Gasteiger partial charge on any atom is 0.283 e. The molecule has 0 radical (unpaired) electrons. The van der Waals surface area contributed by atoms with Crippen molar-refractivity contribution < 1.29 is 13.2 Å². The normalized spacial score (nSPS) is 15.3. The highest BCUT2D eigenvalue weighted by atomic mass is 35.5. The summed E-state index contributed by atoms with van der Waals surface area (Å²) in [5.74, 6) is 2.32. The smallest absolute Gasteiger partial charge is 0.283 e. The molecule has 0 unspecified atom stereocenters. The van der Waals surface area contributed by atoms with Gasteiger partial charge in [0.25, 0.3) is 10.0 Å². The van der Waals surface area contributed by atoms with Crippen molar-refractivity contribution >= 4 is 38.3 Å². The van der Waals surface area contributed by atoms with E-state index in [0.717, 1.165) is 61.4 Å². The summed E-state index contributed by atoms with van der Waals surface area (Å²) in [6.45, 7) is 6.95. The Kier molecular flexibility index (Phi) is 6.51. The number of ether oxygens (including phenoxy) is 1. The molecule has 222 valence electrons. The lowest BCUT2D eigenvalue weighted by Gasteiger charge is -2.31. The second-order valence-corrected chi connectivity index (χ2v) is 13.6. The van der Waals surface area contributed by atoms with E-state index in [-0.39, 0.29) is 4.90 Å². The van der Waals surface area contributed by atoms with Gasteiger partial charge in [-0.05, 0) is 57.4 Å². The van der Waals surface area contributed by atoms with Crippen LogP contribution in [-0.4, -0.2) is 51.0 Å². The summed E-state index contributed by atoms with van der Waals surface area (Å²) >= 11 is 6.83. The molecule has 12 heteroatoms. The van der Waals surface area contributed by atoms with Crippen LogP contribution in [0.3, 0.4) is 0 Å². The monoisotopic (exact) mass is 617 g/mol. The first-order chi connectivity index (χ1) is 20.6. The summed E-state index contributed by atoms with van der Waals surface area (Å²) in [4.78, 5) is 12.3. The van der Waals surface area contributed by atoms with Crippen LogP contribution in [0.25, 0.3) is 22.3 Å². The molecule has 0 atom stereocenters. The van der Waals surface area contributed by atoms with Crippen molar-refractivity contribution in [3.05, 3.63) is 75.2 Å². The summed E-state index contributed by atoms with van der Waals surface area (Å²) in [5.41, 5.74) is 6.47. The van der Waals surface area contributed by atoms with E-state index in [2.05, 4.69) is 10.00 Å². The highest BCUT2D eigenvalue weighted by Gasteiger charge is 2.34. The number of anilines is 1. The number of halogens is 1. The molecule has 5 aromatic rings. The molecule has 2 aliphatic rings. The van der Waals surface area contributed by atoms with Crippen LogP contribution in [0.5, 0.6) is 5.88 Å². The number of aromatic nitrogens is 6. The van der Waals surface area contributed by atoms with E-state index >= 15 is 0 Å². The molecule has 0 saturated heterocycles. The highest BCUT2D eigenvalue weighted by molar-refractivity contribution is 7.90. The molecule has 0 N–H and O–H groups in total. The average Bonchev–Trinajstić information content (AvgIpc) is 3.71. The lowest BCUT2D eigenvalue weighted by molar-refractivity contribution is 0.388. The Morgan fingerprint density at radius 3 is 2.44 bits per heavy atom. The summed E-state index contributed by atoms with van der Waals surface area (Å²) in [6, 6.07) is 10.5. The molecule has 1 saturated carbocycles. The van der Waals surface area contributed by atoms with Crippen molar-refractivity contribution in [1.29, 1.82) is 0 Å². The van der Waals surface area contributed by atoms with Gasteiger partial charge >= 0.3 is 0 Å². The minimum absolute atomic E-state index is 0.179. The Bertz CT molecular complexity index is 2010. The predicted octanol–water partition coefficient (Wildman–Crippen LogP) is 5.49. The van der Waals surface area contributed by atoms with Crippen LogP contribution in [0.1, 0.15) is 52.5 Å². The lowest BCUT2D eigenvalue weighted by atomic mass is 10.0. The predicted molar refractivity (Wildman–Crippen MR) is 165 cm³/mol. The SMILES string of the molecule is COc1nc(-c2c(C)ccc3c2c(C)nn3S(=O)(=O)c2ccc(C)cc2)nc2c1CN(c1c(Cl)c(C3CC3)nn1C)CC2. The third-order valence-electron chi connectivity index (χ3n) is 8.44. The van der Waals surface area contributed by atoms with Crippen molar-refractivity contribution in [2.45, 2.75) is 57.4 Å². The van der Waals surface area contributed by atoms with E-state index in [0.29, 0.717) is 53.7 Å². The van der Waals surface area contributed by atoms with Crippen LogP contribution in [0.2, 0.25) is 5.02 Å². The molecule has 1 aliphatic carbocycles. The summed E-state index contributed by atoms with van der Waals surface area (Å²) in [6.07, 6.45) is 2.92. The molecule has 0 bridgehead atoms. The number of hydrogen-bond acceptors (Lipinski definition) is 8. The third kappa shape index (κ3) is 4.48. The van der Waals surface area contributed by atoms with Gasteiger partial charge in [0.2, 0.25) is 5.88 Å². The first-order valence-electron chi connectivity index (χ1n) is 14.3. The standard InChI is InChI=1S/C31H32ClN7O3S/c1-17-6-11-21(12-7-17)43(40,41)39-24-13-8-18(2)25(26(24)19(3)35-39)29-33-23-14-15-38(16-22(23)30(34-29)42-5)31-27(32)28(20-9-10-20)36-37(31)4/h6-8,11-13,20H,9-10,14-16H2,1-5H3. The van der Waals surface area contributed by atoms with E-state index in [1.54, 1.807) is 37.4 Å². The van der Waals surface area contributed by atoms with Gasteiger partial charge in [0.05, 0.1) is 46.7 Å². The van der Waals surface area contributed by atoms with Crippen molar-refractivity contribution in [2.24, 2.45) is 7.05 Å². The largest absolute Gasteiger partial charge is 0.481 e. The minimum atomic E-state index is -3.92. The summed E-state index contributed by atoms with van der Waals surface area (Å²) < 4.78 is 36.2. The molecule has 3 aromatic heterocycles. The van der Waals surface area contributed by atoms with E-state index in [1.165, 1.54) is 0 Å². The van der Waals surface area contributed by atoms with E-state index in [1.807, 2.05) is 38.6 Å². The minimum Gasteiger partial charge on any atom is -0.481 e. The average molecular weight is 618 g/mol. The van der Waals surface area contributed by atoms with Crippen LogP contribution >= 0.6 is 11.6 Å².